The van der Waals surface area contributed by atoms with Crippen molar-refractivity contribution in [2.24, 2.45) is 5.92 Å². The Morgan fingerprint density at radius 1 is 1.00 bits per heavy atom. The third-order valence-electron chi connectivity index (χ3n) is 3.20. The van der Waals surface area contributed by atoms with Crippen LogP contribution in [0.15, 0.2) is 24.3 Å². The fourth-order valence-electron chi connectivity index (χ4n) is 2.21. The molecule has 0 saturated carbocycles. The van der Waals surface area contributed by atoms with Gasteiger partial charge in [0.1, 0.15) is 0 Å². The molecule has 0 aromatic heterocycles. The minimum atomic E-state index is -3.07. The zero-order valence-corrected chi connectivity index (χ0v) is 14.2. The maximum atomic E-state index is 12.7. The van der Waals surface area contributed by atoms with Gasteiger partial charge in [-0.3, -0.25) is 4.57 Å². The van der Waals surface area contributed by atoms with Crippen molar-refractivity contribution >= 4 is 7.60 Å². The normalized spacial score (nSPS) is 13.7. The van der Waals surface area contributed by atoms with Crippen molar-refractivity contribution in [2.75, 3.05) is 13.2 Å². The monoisotopic (exact) mass is 298 g/mol. The van der Waals surface area contributed by atoms with E-state index >= 15 is 0 Å². The molecule has 1 aromatic carbocycles. The second kappa shape index (κ2) is 7.97. The highest BCUT2D eigenvalue weighted by atomic mass is 31.2. The molecule has 20 heavy (non-hydrogen) atoms. The third-order valence-corrected chi connectivity index (χ3v) is 5.68. The molecule has 114 valence electrons. The van der Waals surface area contributed by atoms with Gasteiger partial charge in [0.2, 0.25) is 0 Å². The Balaban J connectivity index is 2.89. The molecular formula is C16H27O3P. The van der Waals surface area contributed by atoms with Gasteiger partial charge < -0.3 is 9.05 Å². The average Bonchev–Trinajstić information content (AvgIpc) is 2.38. The van der Waals surface area contributed by atoms with Crippen LogP contribution in [0.5, 0.6) is 0 Å². The Labute approximate surface area is 123 Å². The molecular weight excluding hydrogens is 271 g/mol. The van der Waals surface area contributed by atoms with Crippen molar-refractivity contribution in [3.63, 3.8) is 0 Å². The second-order valence-corrected chi connectivity index (χ2v) is 7.76. The summed E-state index contributed by atoms with van der Waals surface area (Å²) in [5.41, 5.74) is 2.07. The largest absolute Gasteiger partial charge is 0.337 e. The lowest BCUT2D eigenvalue weighted by molar-refractivity contribution is 0.213. The Morgan fingerprint density at radius 2 is 1.50 bits per heavy atom. The van der Waals surface area contributed by atoms with Crippen LogP contribution in [0.1, 0.15) is 51.4 Å². The van der Waals surface area contributed by atoms with Gasteiger partial charge in [-0.05, 0) is 44.2 Å². The van der Waals surface area contributed by atoms with Crippen LogP contribution in [-0.4, -0.2) is 13.2 Å². The van der Waals surface area contributed by atoms with Gasteiger partial charge in [0.05, 0.1) is 18.9 Å². The lowest BCUT2D eigenvalue weighted by atomic mass is 10.0. The van der Waals surface area contributed by atoms with Crippen molar-refractivity contribution in [2.45, 2.75) is 46.7 Å². The Morgan fingerprint density at radius 3 is 1.90 bits per heavy atom. The summed E-state index contributed by atoms with van der Waals surface area (Å²) < 4.78 is 23.6. The maximum Gasteiger partial charge on any atom is 0.337 e. The van der Waals surface area contributed by atoms with Crippen LogP contribution in [0.4, 0.5) is 0 Å². The van der Waals surface area contributed by atoms with E-state index in [4.69, 9.17) is 9.05 Å². The summed E-state index contributed by atoms with van der Waals surface area (Å²) in [5, 5.41) is 0. The molecule has 0 radical (unpaired) electrons. The molecule has 0 heterocycles. The number of hydrogen-bond acceptors (Lipinski definition) is 3. The molecule has 0 aliphatic heterocycles. The van der Waals surface area contributed by atoms with E-state index in [0.717, 1.165) is 12.0 Å². The lowest BCUT2D eigenvalue weighted by Gasteiger charge is -2.23. The van der Waals surface area contributed by atoms with Crippen molar-refractivity contribution in [3.8, 4) is 0 Å². The molecule has 1 unspecified atom stereocenters. The van der Waals surface area contributed by atoms with Crippen molar-refractivity contribution in [1.29, 1.82) is 0 Å². The van der Waals surface area contributed by atoms with Crippen molar-refractivity contribution in [3.05, 3.63) is 35.4 Å². The smallest absolute Gasteiger partial charge is 0.308 e. The quantitative estimate of drug-likeness (QED) is 0.618. The van der Waals surface area contributed by atoms with Crippen LogP contribution in [0, 0.1) is 5.92 Å². The van der Waals surface area contributed by atoms with Gasteiger partial charge in [-0.25, -0.2) is 0 Å². The summed E-state index contributed by atoms with van der Waals surface area (Å²) in [4.78, 5) is 0. The highest BCUT2D eigenvalue weighted by molar-refractivity contribution is 7.54. The second-order valence-electron chi connectivity index (χ2n) is 5.39. The number of benzene rings is 1. The molecule has 0 fully saturated rings. The Bertz CT molecular complexity index is 430. The Kier molecular flexibility index (Phi) is 6.94. The predicted octanol–water partition coefficient (Wildman–Crippen LogP) is 5.21. The van der Waals surface area contributed by atoms with E-state index in [-0.39, 0.29) is 5.66 Å². The van der Waals surface area contributed by atoms with E-state index < -0.39 is 7.60 Å². The van der Waals surface area contributed by atoms with Gasteiger partial charge >= 0.3 is 7.60 Å². The van der Waals surface area contributed by atoms with E-state index in [9.17, 15) is 4.57 Å². The molecule has 0 spiro atoms. The summed E-state index contributed by atoms with van der Waals surface area (Å²) in [5.74, 6) is 0.635. The molecule has 3 nitrogen and oxygen atoms in total. The molecule has 1 aromatic rings. The fraction of sp³-hybridized carbons (Fsp3) is 0.625. The molecule has 0 amide bonds. The zero-order chi connectivity index (χ0) is 15.2. The van der Waals surface area contributed by atoms with E-state index in [0.29, 0.717) is 19.1 Å². The van der Waals surface area contributed by atoms with Crippen LogP contribution >= 0.6 is 7.60 Å². The topological polar surface area (TPSA) is 35.5 Å². The highest BCUT2D eigenvalue weighted by Crippen LogP contribution is 2.60. The summed E-state index contributed by atoms with van der Waals surface area (Å²) in [6, 6.07) is 8.28. The van der Waals surface area contributed by atoms with Crippen molar-refractivity contribution < 1.29 is 13.6 Å². The predicted molar refractivity (Wildman–Crippen MR) is 84.3 cm³/mol. The molecule has 0 bridgehead atoms. The molecule has 0 N–H and O–H groups in total. The molecule has 1 rings (SSSR count). The SMILES string of the molecule is CCOP(=O)(OCC)C(C)c1ccc(CC(C)C)cc1. The highest BCUT2D eigenvalue weighted by Gasteiger charge is 2.32. The zero-order valence-electron chi connectivity index (χ0n) is 13.3. The van der Waals surface area contributed by atoms with Crippen LogP contribution < -0.4 is 0 Å². The van der Waals surface area contributed by atoms with E-state index in [1.165, 1.54) is 5.56 Å². The lowest BCUT2D eigenvalue weighted by Crippen LogP contribution is -2.04. The Hall–Kier alpha value is -0.630. The summed E-state index contributed by atoms with van der Waals surface area (Å²) in [6.07, 6.45) is 1.06. The maximum absolute atomic E-state index is 12.7. The van der Waals surface area contributed by atoms with Gasteiger partial charge in [-0.1, -0.05) is 38.1 Å². The fourth-order valence-corrected chi connectivity index (χ4v) is 3.99. The minimum Gasteiger partial charge on any atom is -0.308 e. The van der Waals surface area contributed by atoms with Crippen LogP contribution in [0.25, 0.3) is 0 Å². The van der Waals surface area contributed by atoms with Gasteiger partial charge in [0, 0.05) is 0 Å². The van der Waals surface area contributed by atoms with E-state index in [1.807, 2.05) is 32.9 Å². The first-order valence-corrected chi connectivity index (χ1v) is 9.01. The van der Waals surface area contributed by atoms with Gasteiger partial charge in [0.15, 0.2) is 0 Å². The van der Waals surface area contributed by atoms with Crippen molar-refractivity contribution in [1.82, 2.24) is 0 Å². The van der Waals surface area contributed by atoms with Crippen LogP contribution in [-0.2, 0) is 20.0 Å². The minimum absolute atomic E-state index is 0.240. The number of hydrogen-bond donors (Lipinski definition) is 0. The standard InChI is InChI=1S/C16H27O3P/c1-6-18-20(17,19-7-2)14(5)16-10-8-15(9-11-16)12-13(3)4/h8-11,13-14H,6-7,12H2,1-5H3. The molecule has 0 aliphatic rings. The van der Waals surface area contributed by atoms with Gasteiger partial charge in [-0.15, -0.1) is 0 Å². The average molecular weight is 298 g/mol. The van der Waals surface area contributed by atoms with Gasteiger partial charge in [0.25, 0.3) is 0 Å². The third kappa shape index (κ3) is 4.73. The van der Waals surface area contributed by atoms with Crippen LogP contribution in [0.3, 0.4) is 0 Å². The van der Waals surface area contributed by atoms with E-state index in [2.05, 4.69) is 26.0 Å². The molecule has 0 aliphatic carbocycles. The van der Waals surface area contributed by atoms with Crippen LogP contribution in [0.2, 0.25) is 0 Å². The first-order chi connectivity index (χ1) is 9.42. The first-order valence-electron chi connectivity index (χ1n) is 7.40. The first kappa shape index (κ1) is 17.4. The summed E-state index contributed by atoms with van der Waals surface area (Å²) >= 11 is 0. The summed E-state index contributed by atoms with van der Waals surface area (Å²) in [6.45, 7) is 10.8. The van der Waals surface area contributed by atoms with Gasteiger partial charge in [-0.2, -0.15) is 0 Å². The molecule has 4 heteroatoms. The number of rotatable bonds is 8. The summed E-state index contributed by atoms with van der Waals surface area (Å²) in [7, 11) is -3.07. The molecule has 0 saturated heterocycles. The van der Waals surface area contributed by atoms with E-state index in [1.54, 1.807) is 0 Å². The molecule has 1 atom stereocenters.